The number of carbonyl (C=O) groups is 1. The molecule has 0 radical (unpaired) electrons. The van der Waals surface area contributed by atoms with Crippen LogP contribution in [0.25, 0.3) is 6.08 Å². The number of piperazine rings is 1. The maximum atomic E-state index is 13.8. The first kappa shape index (κ1) is 21.2. The van der Waals surface area contributed by atoms with Gasteiger partial charge in [-0.15, -0.1) is 0 Å². The van der Waals surface area contributed by atoms with E-state index in [0.29, 0.717) is 5.56 Å². The Morgan fingerprint density at radius 2 is 1.70 bits per heavy atom. The lowest BCUT2D eigenvalue weighted by Gasteiger charge is -2.37. The molecular weight excluding hydrogens is 415 g/mol. The van der Waals surface area contributed by atoms with E-state index in [-0.39, 0.29) is 17.3 Å². The summed E-state index contributed by atoms with van der Waals surface area (Å²) in [5, 5.41) is 3.15. The Labute approximate surface area is 193 Å². The molecule has 6 heteroatoms. The molecule has 1 saturated carbocycles. The van der Waals surface area contributed by atoms with E-state index in [9.17, 15) is 9.18 Å². The first-order valence-electron chi connectivity index (χ1n) is 11.4. The van der Waals surface area contributed by atoms with Gasteiger partial charge < -0.3 is 15.1 Å². The van der Waals surface area contributed by atoms with Crippen LogP contribution in [0, 0.1) is 5.82 Å². The smallest absolute Gasteiger partial charge is 0.244 e. The Balaban J connectivity index is 1.23. The molecule has 1 aromatic heterocycles. The predicted octanol–water partition coefficient (Wildman–Crippen LogP) is 4.37. The number of anilines is 2. The van der Waals surface area contributed by atoms with E-state index in [1.807, 2.05) is 18.3 Å². The highest BCUT2D eigenvalue weighted by Crippen LogP contribution is 2.46. The van der Waals surface area contributed by atoms with E-state index >= 15 is 0 Å². The Bertz CT molecular complexity index is 1150. The van der Waals surface area contributed by atoms with Gasteiger partial charge in [-0.2, -0.15) is 0 Å². The summed E-state index contributed by atoms with van der Waals surface area (Å²) in [5.41, 5.74) is 2.38. The number of nitrogens with one attached hydrogen (secondary N) is 1. The van der Waals surface area contributed by atoms with Gasteiger partial charge in [0.15, 0.2) is 0 Å². The van der Waals surface area contributed by atoms with Gasteiger partial charge in [-0.05, 0) is 54.8 Å². The number of halogens is 1. The van der Waals surface area contributed by atoms with Crippen LogP contribution in [0.2, 0.25) is 0 Å². The molecule has 2 aromatic carbocycles. The van der Waals surface area contributed by atoms with Crippen LogP contribution in [0.3, 0.4) is 0 Å². The standard InChI is InChI=1S/C27H27FN4O/c28-24-9-2-1-6-21(24)11-12-26(33)30-27(13-14-27)22-7-5-8-23(20-22)31-16-18-32(19-17-31)25-10-3-4-15-29-25/h1-12,15,20H,13-14,16-19H2,(H,30,33)/b12-11+. The fraction of sp³-hybridized carbons (Fsp3) is 0.259. The summed E-state index contributed by atoms with van der Waals surface area (Å²) in [5.74, 6) is 0.484. The highest BCUT2D eigenvalue weighted by molar-refractivity contribution is 5.92. The highest BCUT2D eigenvalue weighted by atomic mass is 19.1. The largest absolute Gasteiger partial charge is 0.368 e. The van der Waals surface area contributed by atoms with E-state index in [2.05, 4.69) is 50.4 Å². The number of amides is 1. The third kappa shape index (κ3) is 4.75. The van der Waals surface area contributed by atoms with Crippen molar-refractivity contribution in [3.63, 3.8) is 0 Å². The van der Waals surface area contributed by atoms with Crippen molar-refractivity contribution < 1.29 is 9.18 Å². The summed E-state index contributed by atoms with van der Waals surface area (Å²) in [6.07, 6.45) is 6.59. The lowest BCUT2D eigenvalue weighted by molar-refractivity contribution is -0.117. The average Bonchev–Trinajstić information content (AvgIpc) is 3.65. The van der Waals surface area contributed by atoms with Crippen LogP contribution in [0.15, 0.2) is 79.0 Å². The molecule has 1 aliphatic heterocycles. The Kier molecular flexibility index (Phi) is 5.82. The summed E-state index contributed by atoms with van der Waals surface area (Å²) in [6, 6.07) is 20.9. The second-order valence-corrected chi connectivity index (χ2v) is 8.64. The van der Waals surface area contributed by atoms with Crippen molar-refractivity contribution in [1.29, 1.82) is 0 Å². The fourth-order valence-electron chi connectivity index (χ4n) is 4.40. The molecular formula is C27H27FN4O. The molecule has 33 heavy (non-hydrogen) atoms. The normalized spacial score (nSPS) is 17.2. The zero-order chi connectivity index (χ0) is 22.7. The molecule has 1 aliphatic carbocycles. The topological polar surface area (TPSA) is 48.5 Å². The number of nitrogens with zero attached hydrogens (tertiary/aromatic N) is 3. The summed E-state index contributed by atoms with van der Waals surface area (Å²) >= 11 is 0. The third-order valence-corrected chi connectivity index (χ3v) is 6.45. The Hall–Kier alpha value is -3.67. The second kappa shape index (κ2) is 9.06. The van der Waals surface area contributed by atoms with Gasteiger partial charge in [-0.3, -0.25) is 4.79 Å². The van der Waals surface area contributed by atoms with Crippen LogP contribution < -0.4 is 15.1 Å². The molecule has 2 aliphatic rings. The molecule has 1 N–H and O–H groups in total. The molecule has 5 nitrogen and oxygen atoms in total. The zero-order valence-corrected chi connectivity index (χ0v) is 18.5. The molecule has 0 atom stereocenters. The minimum Gasteiger partial charge on any atom is -0.368 e. The molecule has 1 saturated heterocycles. The van der Waals surface area contributed by atoms with Crippen LogP contribution >= 0.6 is 0 Å². The molecule has 2 fully saturated rings. The maximum Gasteiger partial charge on any atom is 0.244 e. The number of benzene rings is 2. The minimum absolute atomic E-state index is 0.204. The lowest BCUT2D eigenvalue weighted by Crippen LogP contribution is -2.46. The molecule has 5 rings (SSSR count). The highest BCUT2D eigenvalue weighted by Gasteiger charge is 2.45. The zero-order valence-electron chi connectivity index (χ0n) is 18.5. The van der Waals surface area contributed by atoms with Gasteiger partial charge >= 0.3 is 0 Å². The van der Waals surface area contributed by atoms with Gasteiger partial charge in [0.05, 0.1) is 5.54 Å². The van der Waals surface area contributed by atoms with Gasteiger partial charge in [0.1, 0.15) is 11.6 Å². The average molecular weight is 443 g/mol. The summed E-state index contributed by atoms with van der Waals surface area (Å²) in [6.45, 7) is 3.68. The minimum atomic E-state index is -0.335. The molecule has 3 aromatic rings. The quantitative estimate of drug-likeness (QED) is 0.576. The summed E-state index contributed by atoms with van der Waals surface area (Å²) < 4.78 is 13.8. The van der Waals surface area contributed by atoms with Crippen molar-refractivity contribution >= 4 is 23.5 Å². The predicted molar refractivity (Wildman–Crippen MR) is 130 cm³/mol. The monoisotopic (exact) mass is 442 g/mol. The Morgan fingerprint density at radius 1 is 0.939 bits per heavy atom. The van der Waals surface area contributed by atoms with Gasteiger partial charge in [0, 0.05) is 49.7 Å². The van der Waals surface area contributed by atoms with E-state index in [1.54, 1.807) is 18.2 Å². The Morgan fingerprint density at radius 3 is 2.42 bits per heavy atom. The first-order valence-corrected chi connectivity index (χ1v) is 11.4. The molecule has 0 bridgehead atoms. The van der Waals surface area contributed by atoms with Crippen molar-refractivity contribution in [2.75, 3.05) is 36.0 Å². The summed E-state index contributed by atoms with van der Waals surface area (Å²) in [4.78, 5) is 21.7. The van der Waals surface area contributed by atoms with Crippen molar-refractivity contribution in [1.82, 2.24) is 10.3 Å². The second-order valence-electron chi connectivity index (χ2n) is 8.64. The molecule has 1 amide bonds. The molecule has 0 unspecified atom stereocenters. The van der Waals surface area contributed by atoms with Gasteiger partial charge in [-0.25, -0.2) is 9.37 Å². The van der Waals surface area contributed by atoms with E-state index < -0.39 is 0 Å². The van der Waals surface area contributed by atoms with Crippen LogP contribution in [-0.4, -0.2) is 37.1 Å². The van der Waals surface area contributed by atoms with E-state index in [4.69, 9.17) is 0 Å². The maximum absolute atomic E-state index is 13.8. The molecule has 0 spiro atoms. The van der Waals surface area contributed by atoms with Crippen molar-refractivity contribution in [3.05, 3.63) is 95.9 Å². The number of aromatic nitrogens is 1. The van der Waals surface area contributed by atoms with Gasteiger partial charge in [0.25, 0.3) is 0 Å². The van der Waals surface area contributed by atoms with E-state index in [1.165, 1.54) is 23.9 Å². The number of pyridine rings is 1. The van der Waals surface area contributed by atoms with Crippen molar-refractivity contribution in [2.24, 2.45) is 0 Å². The molecule has 168 valence electrons. The fourth-order valence-corrected chi connectivity index (χ4v) is 4.40. The van der Waals surface area contributed by atoms with E-state index in [0.717, 1.165) is 50.4 Å². The van der Waals surface area contributed by atoms with Crippen LogP contribution in [0.1, 0.15) is 24.0 Å². The number of hydrogen-bond acceptors (Lipinski definition) is 4. The van der Waals surface area contributed by atoms with Gasteiger partial charge in [-0.1, -0.05) is 36.4 Å². The van der Waals surface area contributed by atoms with Crippen LogP contribution in [-0.2, 0) is 10.3 Å². The van der Waals surface area contributed by atoms with Gasteiger partial charge in [0.2, 0.25) is 5.91 Å². The van der Waals surface area contributed by atoms with Crippen LogP contribution in [0.4, 0.5) is 15.9 Å². The number of hydrogen-bond donors (Lipinski definition) is 1. The van der Waals surface area contributed by atoms with Crippen molar-refractivity contribution in [3.8, 4) is 0 Å². The SMILES string of the molecule is O=C(/C=C/c1ccccc1F)NC1(c2cccc(N3CCN(c4ccccn4)CC3)c2)CC1. The lowest BCUT2D eigenvalue weighted by atomic mass is 10.0. The first-order chi connectivity index (χ1) is 16.1. The van der Waals surface area contributed by atoms with Crippen LogP contribution in [0.5, 0.6) is 0 Å². The number of carbonyl (C=O) groups excluding carboxylic acids is 1. The third-order valence-electron chi connectivity index (χ3n) is 6.45. The summed E-state index contributed by atoms with van der Waals surface area (Å²) in [7, 11) is 0. The van der Waals surface area contributed by atoms with Crippen molar-refractivity contribution in [2.45, 2.75) is 18.4 Å². The number of rotatable bonds is 6. The molecule has 2 heterocycles.